The number of nitro groups is 1. The Morgan fingerprint density at radius 1 is 1.33 bits per heavy atom. The van der Waals surface area contributed by atoms with Crippen molar-refractivity contribution in [3.05, 3.63) is 40.7 Å². The number of aromatic nitrogens is 3. The maximum Gasteiger partial charge on any atom is 0.501 e. The highest BCUT2D eigenvalue weighted by atomic mass is 32.2. The van der Waals surface area contributed by atoms with Crippen molar-refractivity contribution in [2.75, 3.05) is 11.9 Å². The number of nitrogens with zero attached hydrogens (tertiary/aromatic N) is 4. The van der Waals surface area contributed by atoms with Crippen molar-refractivity contribution in [2.45, 2.75) is 16.9 Å². The maximum atomic E-state index is 12.5. The van der Waals surface area contributed by atoms with Crippen LogP contribution in [0.25, 0.3) is 0 Å². The third-order valence-electron chi connectivity index (χ3n) is 2.91. The number of hydrogen-bond donors (Lipinski definition) is 1. The lowest BCUT2D eigenvalue weighted by atomic mass is 10.2. The van der Waals surface area contributed by atoms with Gasteiger partial charge in [0.2, 0.25) is 0 Å². The zero-order valence-electron chi connectivity index (χ0n) is 11.8. The Kier molecular flexibility index (Phi) is 4.73. The average Bonchev–Trinajstić information content (AvgIpc) is 2.99. The largest absolute Gasteiger partial charge is 0.501 e. The summed E-state index contributed by atoms with van der Waals surface area (Å²) in [6, 6.07) is 1.95. The standard InChI is InChI=1S/C11H10F3N5O4S/c12-11(13,14)24(22,23)8-1-2-9(10(7-8)19(20)21)15-3-5-18-6-4-16-17-18/h1-2,4,6-7,15H,3,5H2. The molecule has 0 radical (unpaired) electrons. The molecule has 9 nitrogen and oxygen atoms in total. The predicted octanol–water partition coefficient (Wildman–Crippen LogP) is 1.59. The average molecular weight is 365 g/mol. The molecule has 1 N–H and O–H groups in total. The van der Waals surface area contributed by atoms with Crippen molar-refractivity contribution in [3.8, 4) is 0 Å². The predicted molar refractivity (Wildman–Crippen MR) is 74.8 cm³/mol. The Morgan fingerprint density at radius 3 is 2.58 bits per heavy atom. The smallest absolute Gasteiger partial charge is 0.378 e. The van der Waals surface area contributed by atoms with Gasteiger partial charge in [0, 0.05) is 18.8 Å². The molecule has 0 aliphatic rings. The molecule has 130 valence electrons. The zero-order chi connectivity index (χ0) is 18.0. The molecule has 0 fully saturated rings. The molecule has 0 aliphatic carbocycles. The molecule has 2 rings (SSSR count). The van der Waals surface area contributed by atoms with Gasteiger partial charge in [0.15, 0.2) is 0 Å². The summed E-state index contributed by atoms with van der Waals surface area (Å²) in [5.41, 5.74) is -6.43. The summed E-state index contributed by atoms with van der Waals surface area (Å²) < 4.78 is 61.6. The minimum atomic E-state index is -5.66. The maximum absolute atomic E-state index is 12.5. The van der Waals surface area contributed by atoms with E-state index in [2.05, 4.69) is 15.6 Å². The SMILES string of the molecule is O=[N+]([O-])c1cc(S(=O)(=O)C(F)(F)F)ccc1NCCn1ccnn1. The fourth-order valence-electron chi connectivity index (χ4n) is 1.77. The first-order valence-electron chi connectivity index (χ1n) is 6.30. The van der Waals surface area contributed by atoms with Crippen molar-refractivity contribution in [2.24, 2.45) is 0 Å². The first-order valence-corrected chi connectivity index (χ1v) is 7.79. The molecule has 1 aromatic carbocycles. The summed E-state index contributed by atoms with van der Waals surface area (Å²) in [5.74, 6) is 0. The molecule has 0 unspecified atom stereocenters. The van der Waals surface area contributed by atoms with Gasteiger partial charge in [-0.15, -0.1) is 5.10 Å². The fraction of sp³-hybridized carbons (Fsp3) is 0.273. The molecule has 24 heavy (non-hydrogen) atoms. The monoisotopic (exact) mass is 365 g/mol. The molecular formula is C11H10F3N5O4S. The molecule has 1 aromatic heterocycles. The quantitative estimate of drug-likeness (QED) is 0.610. The van der Waals surface area contributed by atoms with E-state index in [1.807, 2.05) is 0 Å². The Hall–Kier alpha value is -2.70. The third-order valence-corrected chi connectivity index (χ3v) is 4.39. The Balaban J connectivity index is 2.25. The number of hydrogen-bond acceptors (Lipinski definition) is 7. The van der Waals surface area contributed by atoms with Gasteiger partial charge in [0.05, 0.1) is 22.6 Å². The molecule has 0 amide bonds. The van der Waals surface area contributed by atoms with Crippen molar-refractivity contribution in [1.82, 2.24) is 15.0 Å². The Labute approximate surface area is 133 Å². The van der Waals surface area contributed by atoms with Crippen molar-refractivity contribution < 1.29 is 26.5 Å². The molecular weight excluding hydrogens is 355 g/mol. The van der Waals surface area contributed by atoms with Crippen molar-refractivity contribution in [3.63, 3.8) is 0 Å². The lowest BCUT2D eigenvalue weighted by molar-refractivity contribution is -0.384. The highest BCUT2D eigenvalue weighted by Gasteiger charge is 2.47. The lowest BCUT2D eigenvalue weighted by Crippen LogP contribution is -2.23. The summed E-state index contributed by atoms with van der Waals surface area (Å²) >= 11 is 0. The highest BCUT2D eigenvalue weighted by Crippen LogP contribution is 2.34. The lowest BCUT2D eigenvalue weighted by Gasteiger charge is -2.10. The van der Waals surface area contributed by atoms with E-state index in [4.69, 9.17) is 0 Å². The van der Waals surface area contributed by atoms with Crippen LogP contribution in [0.1, 0.15) is 0 Å². The van der Waals surface area contributed by atoms with Crippen LogP contribution in [0.15, 0.2) is 35.5 Å². The number of sulfone groups is 1. The summed E-state index contributed by atoms with van der Waals surface area (Å²) in [6.45, 7) is 0.454. The molecule has 0 spiro atoms. The van der Waals surface area contributed by atoms with Crippen LogP contribution in [-0.4, -0.2) is 40.4 Å². The second-order valence-electron chi connectivity index (χ2n) is 4.48. The Bertz CT molecular complexity index is 836. The summed E-state index contributed by atoms with van der Waals surface area (Å²) in [6.07, 6.45) is 2.98. The van der Waals surface area contributed by atoms with E-state index in [1.165, 1.54) is 10.9 Å². The molecule has 0 saturated carbocycles. The second kappa shape index (κ2) is 6.43. The minimum absolute atomic E-state index is 0.110. The Morgan fingerprint density at radius 2 is 2.04 bits per heavy atom. The molecule has 0 saturated heterocycles. The number of halogens is 3. The fourth-order valence-corrected chi connectivity index (χ4v) is 2.55. The number of nitro benzene ring substituents is 1. The molecule has 2 aromatic rings. The topological polar surface area (TPSA) is 120 Å². The third kappa shape index (κ3) is 3.61. The summed E-state index contributed by atoms with van der Waals surface area (Å²) in [7, 11) is -5.66. The van der Waals surface area contributed by atoms with Gasteiger partial charge in [-0.25, -0.2) is 8.42 Å². The van der Waals surface area contributed by atoms with Gasteiger partial charge in [0.25, 0.3) is 15.5 Å². The van der Waals surface area contributed by atoms with E-state index in [-0.39, 0.29) is 12.2 Å². The first-order chi connectivity index (χ1) is 11.1. The molecule has 0 aliphatic heterocycles. The van der Waals surface area contributed by atoms with Gasteiger partial charge in [-0.3, -0.25) is 14.8 Å². The number of nitrogens with one attached hydrogen (secondary N) is 1. The van der Waals surface area contributed by atoms with Crippen molar-refractivity contribution in [1.29, 1.82) is 0 Å². The van der Waals surface area contributed by atoms with Crippen LogP contribution < -0.4 is 5.32 Å². The van der Waals surface area contributed by atoms with Crippen LogP contribution in [-0.2, 0) is 16.4 Å². The van der Waals surface area contributed by atoms with Crippen molar-refractivity contribution >= 4 is 21.2 Å². The second-order valence-corrected chi connectivity index (χ2v) is 6.42. The van der Waals surface area contributed by atoms with E-state index >= 15 is 0 Å². The van der Waals surface area contributed by atoms with Gasteiger partial charge in [-0.1, -0.05) is 5.21 Å². The molecule has 0 bridgehead atoms. The summed E-state index contributed by atoms with van der Waals surface area (Å²) in [4.78, 5) is 8.85. The van der Waals surface area contributed by atoms with Gasteiger partial charge >= 0.3 is 5.51 Å². The molecule has 1 heterocycles. The number of anilines is 1. The number of alkyl halides is 3. The summed E-state index contributed by atoms with van der Waals surface area (Å²) in [5, 5.41) is 20.9. The first kappa shape index (κ1) is 17.7. The van der Waals surface area contributed by atoms with E-state index < -0.39 is 30.9 Å². The molecule has 0 atom stereocenters. The van der Waals surface area contributed by atoms with Crippen LogP contribution in [0, 0.1) is 10.1 Å². The minimum Gasteiger partial charge on any atom is -0.378 e. The van der Waals surface area contributed by atoms with Gasteiger partial charge < -0.3 is 5.32 Å². The van der Waals surface area contributed by atoms with E-state index in [9.17, 15) is 31.7 Å². The van der Waals surface area contributed by atoms with E-state index in [0.29, 0.717) is 18.7 Å². The van der Waals surface area contributed by atoms with Gasteiger partial charge in [-0.05, 0) is 12.1 Å². The van der Waals surface area contributed by atoms with Crippen LogP contribution in [0.5, 0.6) is 0 Å². The highest BCUT2D eigenvalue weighted by molar-refractivity contribution is 7.92. The van der Waals surface area contributed by atoms with Gasteiger partial charge in [-0.2, -0.15) is 13.2 Å². The number of benzene rings is 1. The van der Waals surface area contributed by atoms with E-state index in [1.54, 1.807) is 6.20 Å². The normalized spacial score (nSPS) is 12.1. The van der Waals surface area contributed by atoms with Crippen LogP contribution in [0.2, 0.25) is 0 Å². The van der Waals surface area contributed by atoms with Crippen LogP contribution >= 0.6 is 0 Å². The van der Waals surface area contributed by atoms with Crippen LogP contribution in [0.4, 0.5) is 24.5 Å². The van der Waals surface area contributed by atoms with E-state index in [0.717, 1.165) is 6.07 Å². The zero-order valence-corrected chi connectivity index (χ0v) is 12.6. The molecule has 13 heteroatoms. The van der Waals surface area contributed by atoms with Crippen LogP contribution in [0.3, 0.4) is 0 Å². The van der Waals surface area contributed by atoms with Gasteiger partial charge in [0.1, 0.15) is 5.69 Å². The number of rotatable bonds is 6.